The van der Waals surface area contributed by atoms with Gasteiger partial charge in [-0.25, -0.2) is 0 Å². The molecule has 0 aromatic carbocycles. The van der Waals surface area contributed by atoms with Gasteiger partial charge in [0.05, 0.1) is 0 Å². The quantitative estimate of drug-likeness (QED) is 0.662. The number of hydrogen-bond donors (Lipinski definition) is 2. The predicted octanol–water partition coefficient (Wildman–Crippen LogP) is 1.81. The van der Waals surface area contributed by atoms with E-state index in [0.717, 1.165) is 12.8 Å². The summed E-state index contributed by atoms with van der Waals surface area (Å²) in [6, 6.07) is 0. The molecule has 0 aliphatic carbocycles. The molecule has 0 saturated heterocycles. The Morgan fingerprint density at radius 1 is 1.33 bits per heavy atom. The Kier molecular flexibility index (Phi) is 7.59. The van der Waals surface area contributed by atoms with Crippen LogP contribution in [0.5, 0.6) is 0 Å². The minimum Gasteiger partial charge on any atom is -0.481 e. The molecule has 0 aliphatic heterocycles. The fraction of sp³-hybridized carbons (Fsp3) is 0.846. The second-order valence-corrected chi connectivity index (χ2v) is 4.97. The first-order valence-corrected chi connectivity index (χ1v) is 6.38. The van der Waals surface area contributed by atoms with Gasteiger partial charge in [0.2, 0.25) is 0 Å². The maximum atomic E-state index is 11.7. The lowest BCUT2D eigenvalue weighted by Crippen LogP contribution is -2.44. The van der Waals surface area contributed by atoms with E-state index in [1.807, 2.05) is 6.92 Å². The number of carboxylic acid groups (broad SMARTS) is 1. The summed E-state index contributed by atoms with van der Waals surface area (Å²) in [5, 5.41) is 11.4. The summed E-state index contributed by atoms with van der Waals surface area (Å²) in [6.45, 7) is 6.02. The standard InChI is InChI=1S/C13H25NO4/c1-5-10(6-7-11(15)16)8-9-14-12(17)13(2,3)18-4/h10H,5-9H2,1-4H3,(H,14,17)(H,15,16). The molecule has 18 heavy (non-hydrogen) atoms. The van der Waals surface area contributed by atoms with Gasteiger partial charge >= 0.3 is 5.97 Å². The fourth-order valence-electron chi connectivity index (χ4n) is 1.58. The summed E-state index contributed by atoms with van der Waals surface area (Å²) < 4.78 is 5.07. The van der Waals surface area contributed by atoms with Crippen molar-refractivity contribution >= 4 is 11.9 Å². The van der Waals surface area contributed by atoms with Gasteiger partial charge in [0.25, 0.3) is 5.91 Å². The van der Waals surface area contributed by atoms with Crippen LogP contribution < -0.4 is 5.32 Å². The highest BCUT2D eigenvalue weighted by Gasteiger charge is 2.26. The zero-order valence-electron chi connectivity index (χ0n) is 11.8. The summed E-state index contributed by atoms with van der Waals surface area (Å²) in [5.41, 5.74) is -0.817. The zero-order valence-corrected chi connectivity index (χ0v) is 11.8. The van der Waals surface area contributed by atoms with Crippen LogP contribution in [0.3, 0.4) is 0 Å². The third kappa shape index (κ3) is 6.59. The van der Waals surface area contributed by atoms with Gasteiger partial charge in [-0.05, 0) is 32.6 Å². The smallest absolute Gasteiger partial charge is 0.303 e. The molecule has 1 amide bonds. The van der Waals surface area contributed by atoms with Crippen LogP contribution in [0.25, 0.3) is 0 Å². The van der Waals surface area contributed by atoms with Crippen molar-refractivity contribution in [1.82, 2.24) is 5.32 Å². The van der Waals surface area contributed by atoms with E-state index < -0.39 is 11.6 Å². The molecule has 5 nitrogen and oxygen atoms in total. The number of ether oxygens (including phenoxy) is 1. The molecule has 0 spiro atoms. The zero-order chi connectivity index (χ0) is 14.2. The number of nitrogens with one attached hydrogen (secondary N) is 1. The maximum Gasteiger partial charge on any atom is 0.303 e. The van der Waals surface area contributed by atoms with E-state index in [2.05, 4.69) is 5.32 Å². The van der Waals surface area contributed by atoms with Crippen molar-refractivity contribution in [2.75, 3.05) is 13.7 Å². The monoisotopic (exact) mass is 259 g/mol. The Labute approximate surface area is 109 Å². The van der Waals surface area contributed by atoms with Crippen LogP contribution in [0.1, 0.15) is 46.5 Å². The molecule has 106 valence electrons. The molecule has 0 aliphatic rings. The lowest BCUT2D eigenvalue weighted by Gasteiger charge is -2.22. The van der Waals surface area contributed by atoms with Crippen LogP contribution >= 0.6 is 0 Å². The average molecular weight is 259 g/mol. The van der Waals surface area contributed by atoms with Crippen LogP contribution in [0.15, 0.2) is 0 Å². The van der Waals surface area contributed by atoms with Gasteiger partial charge < -0.3 is 15.2 Å². The normalized spacial score (nSPS) is 13.1. The van der Waals surface area contributed by atoms with Crippen LogP contribution in [0.4, 0.5) is 0 Å². The first-order chi connectivity index (χ1) is 8.33. The number of methoxy groups -OCH3 is 1. The minimum atomic E-state index is -0.817. The lowest BCUT2D eigenvalue weighted by molar-refractivity contribution is -0.139. The van der Waals surface area contributed by atoms with E-state index in [-0.39, 0.29) is 12.3 Å². The number of hydrogen-bond acceptors (Lipinski definition) is 3. The van der Waals surface area contributed by atoms with Crippen LogP contribution in [-0.2, 0) is 14.3 Å². The van der Waals surface area contributed by atoms with Crippen molar-refractivity contribution in [3.63, 3.8) is 0 Å². The van der Waals surface area contributed by atoms with Gasteiger partial charge in [-0.3, -0.25) is 9.59 Å². The molecule has 0 heterocycles. The number of carbonyl (C=O) groups is 2. The highest BCUT2D eigenvalue weighted by molar-refractivity contribution is 5.84. The fourth-order valence-corrected chi connectivity index (χ4v) is 1.58. The van der Waals surface area contributed by atoms with Crippen molar-refractivity contribution in [3.05, 3.63) is 0 Å². The van der Waals surface area contributed by atoms with E-state index in [0.29, 0.717) is 18.9 Å². The molecule has 0 saturated carbocycles. The minimum absolute atomic E-state index is 0.141. The largest absolute Gasteiger partial charge is 0.481 e. The summed E-state index contributed by atoms with van der Waals surface area (Å²) in [7, 11) is 1.50. The Hall–Kier alpha value is -1.10. The Balaban J connectivity index is 3.93. The lowest BCUT2D eigenvalue weighted by atomic mass is 9.96. The summed E-state index contributed by atoms with van der Waals surface area (Å²) in [6.07, 6.45) is 2.58. The topological polar surface area (TPSA) is 75.6 Å². The third-order valence-corrected chi connectivity index (χ3v) is 3.24. The first-order valence-electron chi connectivity index (χ1n) is 6.38. The average Bonchev–Trinajstić information content (AvgIpc) is 2.32. The van der Waals surface area contributed by atoms with E-state index in [9.17, 15) is 9.59 Å². The van der Waals surface area contributed by atoms with Gasteiger partial charge in [-0.2, -0.15) is 0 Å². The van der Waals surface area contributed by atoms with Gasteiger partial charge in [0, 0.05) is 20.1 Å². The summed E-state index contributed by atoms with van der Waals surface area (Å²) >= 11 is 0. The molecule has 0 radical (unpaired) electrons. The van der Waals surface area contributed by atoms with Crippen molar-refractivity contribution in [2.24, 2.45) is 5.92 Å². The number of carboxylic acids is 1. The molecule has 0 aromatic rings. The summed E-state index contributed by atoms with van der Waals surface area (Å²) in [5.74, 6) is -0.567. The van der Waals surface area contributed by atoms with Crippen LogP contribution in [0.2, 0.25) is 0 Å². The molecular formula is C13H25NO4. The van der Waals surface area contributed by atoms with E-state index in [1.165, 1.54) is 7.11 Å². The van der Waals surface area contributed by atoms with Gasteiger partial charge in [-0.1, -0.05) is 13.3 Å². The predicted molar refractivity (Wildman–Crippen MR) is 69.4 cm³/mol. The third-order valence-electron chi connectivity index (χ3n) is 3.24. The van der Waals surface area contributed by atoms with Crippen molar-refractivity contribution < 1.29 is 19.4 Å². The van der Waals surface area contributed by atoms with Crippen molar-refractivity contribution in [3.8, 4) is 0 Å². The maximum absolute atomic E-state index is 11.7. The van der Waals surface area contributed by atoms with E-state index in [4.69, 9.17) is 9.84 Å². The first kappa shape index (κ1) is 16.9. The molecule has 1 unspecified atom stereocenters. The Bertz CT molecular complexity index is 276. The second kappa shape index (κ2) is 8.08. The number of aliphatic carboxylic acids is 1. The van der Waals surface area contributed by atoms with E-state index >= 15 is 0 Å². The molecule has 0 aromatic heterocycles. The highest BCUT2D eigenvalue weighted by Crippen LogP contribution is 2.15. The Morgan fingerprint density at radius 2 is 1.94 bits per heavy atom. The van der Waals surface area contributed by atoms with Crippen molar-refractivity contribution in [2.45, 2.75) is 52.1 Å². The van der Waals surface area contributed by atoms with Gasteiger partial charge in [0.1, 0.15) is 5.60 Å². The molecule has 0 bridgehead atoms. The molecule has 0 fully saturated rings. The van der Waals surface area contributed by atoms with Crippen LogP contribution in [0, 0.1) is 5.92 Å². The van der Waals surface area contributed by atoms with Crippen molar-refractivity contribution in [1.29, 1.82) is 0 Å². The molecule has 5 heteroatoms. The number of carbonyl (C=O) groups excluding carboxylic acids is 1. The molecule has 0 rings (SSSR count). The summed E-state index contributed by atoms with van der Waals surface area (Å²) in [4.78, 5) is 22.2. The number of amides is 1. The van der Waals surface area contributed by atoms with Gasteiger partial charge in [-0.15, -0.1) is 0 Å². The highest BCUT2D eigenvalue weighted by atomic mass is 16.5. The van der Waals surface area contributed by atoms with Gasteiger partial charge in [0.15, 0.2) is 0 Å². The molecule has 1 atom stereocenters. The second-order valence-electron chi connectivity index (χ2n) is 4.97. The number of rotatable bonds is 9. The molecule has 2 N–H and O–H groups in total. The van der Waals surface area contributed by atoms with Crippen LogP contribution in [-0.4, -0.2) is 36.2 Å². The van der Waals surface area contributed by atoms with E-state index in [1.54, 1.807) is 13.8 Å². The Morgan fingerprint density at radius 3 is 2.39 bits per heavy atom. The SMILES string of the molecule is CCC(CCNC(=O)C(C)(C)OC)CCC(=O)O. The molecular weight excluding hydrogens is 234 g/mol.